The summed E-state index contributed by atoms with van der Waals surface area (Å²) in [4.78, 5) is 36.4. The number of para-hydroxylation sites is 2. The van der Waals surface area contributed by atoms with Crippen molar-refractivity contribution in [3.05, 3.63) is 34.7 Å². The molecule has 0 saturated carbocycles. The molecule has 2 rings (SSSR count). The van der Waals surface area contributed by atoms with Crippen molar-refractivity contribution in [2.75, 3.05) is 6.54 Å². The van der Waals surface area contributed by atoms with Crippen LogP contribution in [0.3, 0.4) is 0 Å². The third-order valence-corrected chi connectivity index (χ3v) is 4.97. The summed E-state index contributed by atoms with van der Waals surface area (Å²) in [6.07, 6.45) is 0.850. The molecule has 0 aliphatic carbocycles. The van der Waals surface area contributed by atoms with E-state index in [0.717, 1.165) is 5.52 Å². The molecule has 7 heteroatoms. The zero-order valence-electron chi connectivity index (χ0n) is 14.9. The molecule has 0 aliphatic heterocycles. The zero-order chi connectivity index (χ0) is 18.6. The molecule has 2 N–H and O–H groups in total. The lowest BCUT2D eigenvalue weighted by molar-refractivity contribution is -0.149. The standard InChI is InChI=1S/C18H25N3O4/c1-4-18(5-2,16(23)24)12-19-15(22)11-21-14-10-8-7-9-13(14)20(6-3)17(21)25/h7-10H,4-6,11-12H2,1-3H3,(H,19,22)(H,23,24). The molecule has 1 aromatic heterocycles. The number of benzene rings is 1. The first kappa shape index (κ1) is 18.8. The average Bonchev–Trinajstić information content (AvgIpc) is 2.87. The van der Waals surface area contributed by atoms with Gasteiger partial charge in [0.1, 0.15) is 6.54 Å². The predicted octanol–water partition coefficient (Wildman–Crippen LogP) is 1.83. The van der Waals surface area contributed by atoms with E-state index < -0.39 is 11.4 Å². The fourth-order valence-corrected chi connectivity index (χ4v) is 3.08. The number of aliphatic carboxylic acids is 1. The Morgan fingerprint density at radius 1 is 1.08 bits per heavy atom. The second-order valence-corrected chi connectivity index (χ2v) is 6.17. The summed E-state index contributed by atoms with van der Waals surface area (Å²) in [5.41, 5.74) is 0.261. The van der Waals surface area contributed by atoms with E-state index in [1.165, 1.54) is 4.57 Å². The van der Waals surface area contributed by atoms with E-state index in [2.05, 4.69) is 5.32 Å². The first-order valence-electron chi connectivity index (χ1n) is 8.58. The summed E-state index contributed by atoms with van der Waals surface area (Å²) in [6.45, 7) is 5.90. The number of hydrogen-bond donors (Lipinski definition) is 2. The molecule has 0 saturated heterocycles. The fourth-order valence-electron chi connectivity index (χ4n) is 3.08. The van der Waals surface area contributed by atoms with Crippen LogP contribution in [0.1, 0.15) is 33.6 Å². The van der Waals surface area contributed by atoms with Gasteiger partial charge in [-0.3, -0.25) is 18.7 Å². The minimum Gasteiger partial charge on any atom is -0.481 e. The molecule has 0 unspecified atom stereocenters. The number of imidazole rings is 1. The highest BCUT2D eigenvalue weighted by Gasteiger charge is 2.35. The van der Waals surface area contributed by atoms with Gasteiger partial charge in [-0.25, -0.2) is 4.79 Å². The summed E-state index contributed by atoms with van der Waals surface area (Å²) < 4.78 is 3.04. The van der Waals surface area contributed by atoms with Gasteiger partial charge in [-0.2, -0.15) is 0 Å². The molecule has 0 fully saturated rings. The molecule has 0 radical (unpaired) electrons. The van der Waals surface area contributed by atoms with Crippen LogP contribution < -0.4 is 11.0 Å². The number of carbonyl (C=O) groups excluding carboxylic acids is 1. The number of amides is 1. The lowest BCUT2D eigenvalue weighted by Gasteiger charge is -2.26. The molecule has 0 bridgehead atoms. The highest BCUT2D eigenvalue weighted by atomic mass is 16.4. The SMILES string of the molecule is CCn1c(=O)n(CC(=O)NCC(CC)(CC)C(=O)O)c2ccccc21. The van der Waals surface area contributed by atoms with Crippen molar-refractivity contribution in [2.45, 2.75) is 46.7 Å². The third kappa shape index (κ3) is 3.45. The van der Waals surface area contributed by atoms with E-state index in [9.17, 15) is 19.5 Å². The van der Waals surface area contributed by atoms with Gasteiger partial charge in [-0.1, -0.05) is 26.0 Å². The van der Waals surface area contributed by atoms with Crippen molar-refractivity contribution in [2.24, 2.45) is 5.41 Å². The number of rotatable bonds is 8. The highest BCUT2D eigenvalue weighted by Crippen LogP contribution is 2.25. The molecule has 1 heterocycles. The lowest BCUT2D eigenvalue weighted by Crippen LogP contribution is -2.44. The molecular weight excluding hydrogens is 322 g/mol. The van der Waals surface area contributed by atoms with E-state index in [4.69, 9.17) is 0 Å². The number of aryl methyl sites for hydroxylation is 1. The lowest BCUT2D eigenvalue weighted by atomic mass is 9.82. The van der Waals surface area contributed by atoms with Crippen molar-refractivity contribution in [1.29, 1.82) is 0 Å². The van der Waals surface area contributed by atoms with Gasteiger partial charge in [0.2, 0.25) is 5.91 Å². The Kier molecular flexibility index (Phi) is 5.66. The van der Waals surface area contributed by atoms with Crippen molar-refractivity contribution in [1.82, 2.24) is 14.5 Å². The fraction of sp³-hybridized carbons (Fsp3) is 0.500. The molecule has 136 valence electrons. The van der Waals surface area contributed by atoms with Crippen molar-refractivity contribution >= 4 is 22.9 Å². The predicted molar refractivity (Wildman–Crippen MR) is 95.5 cm³/mol. The number of nitrogens with one attached hydrogen (secondary N) is 1. The highest BCUT2D eigenvalue weighted by molar-refractivity contribution is 5.82. The van der Waals surface area contributed by atoms with Crippen LogP contribution in [0.2, 0.25) is 0 Å². The summed E-state index contributed by atoms with van der Waals surface area (Å²) in [6, 6.07) is 7.32. The summed E-state index contributed by atoms with van der Waals surface area (Å²) in [5, 5.41) is 12.1. The van der Waals surface area contributed by atoms with Crippen LogP contribution >= 0.6 is 0 Å². The number of carbonyl (C=O) groups is 2. The van der Waals surface area contributed by atoms with Crippen LogP contribution in [0, 0.1) is 5.41 Å². The maximum Gasteiger partial charge on any atom is 0.329 e. The number of fused-ring (bicyclic) bond motifs is 1. The van der Waals surface area contributed by atoms with E-state index in [-0.39, 0.29) is 24.7 Å². The third-order valence-electron chi connectivity index (χ3n) is 4.97. The maximum atomic E-state index is 12.5. The minimum absolute atomic E-state index is 0.0509. The van der Waals surface area contributed by atoms with Crippen molar-refractivity contribution in [3.63, 3.8) is 0 Å². The Morgan fingerprint density at radius 2 is 1.64 bits per heavy atom. The monoisotopic (exact) mass is 347 g/mol. The van der Waals surface area contributed by atoms with Gasteiger partial charge >= 0.3 is 11.7 Å². The van der Waals surface area contributed by atoms with E-state index in [1.807, 2.05) is 25.1 Å². The van der Waals surface area contributed by atoms with E-state index in [0.29, 0.717) is 24.9 Å². The molecular formula is C18H25N3O4. The number of aromatic nitrogens is 2. The molecule has 1 amide bonds. The second kappa shape index (κ2) is 7.55. The Morgan fingerprint density at radius 3 is 2.12 bits per heavy atom. The van der Waals surface area contributed by atoms with Crippen LogP contribution in [0.4, 0.5) is 0 Å². The normalized spacial score (nSPS) is 11.6. The van der Waals surface area contributed by atoms with Crippen LogP contribution in [-0.4, -0.2) is 32.7 Å². The first-order chi connectivity index (χ1) is 11.9. The van der Waals surface area contributed by atoms with Gasteiger partial charge in [-0.05, 0) is 31.9 Å². The topological polar surface area (TPSA) is 93.3 Å². The molecule has 7 nitrogen and oxygen atoms in total. The average molecular weight is 347 g/mol. The molecule has 25 heavy (non-hydrogen) atoms. The molecule has 0 aliphatic rings. The van der Waals surface area contributed by atoms with Crippen molar-refractivity contribution < 1.29 is 14.7 Å². The Hall–Kier alpha value is -2.57. The van der Waals surface area contributed by atoms with Crippen LogP contribution in [-0.2, 0) is 22.7 Å². The molecule has 2 aromatic rings. The number of carboxylic acid groups (broad SMARTS) is 1. The summed E-state index contributed by atoms with van der Waals surface area (Å²) in [7, 11) is 0. The van der Waals surface area contributed by atoms with Gasteiger partial charge in [0.15, 0.2) is 0 Å². The number of nitrogens with zero attached hydrogens (tertiary/aromatic N) is 2. The second-order valence-electron chi connectivity index (χ2n) is 6.17. The zero-order valence-corrected chi connectivity index (χ0v) is 14.9. The minimum atomic E-state index is -0.974. The summed E-state index contributed by atoms with van der Waals surface area (Å²) in [5.74, 6) is -1.29. The first-order valence-corrected chi connectivity index (χ1v) is 8.58. The van der Waals surface area contributed by atoms with Crippen LogP contribution in [0.25, 0.3) is 11.0 Å². The van der Waals surface area contributed by atoms with Gasteiger partial charge in [0, 0.05) is 13.1 Å². The van der Waals surface area contributed by atoms with E-state index >= 15 is 0 Å². The Balaban J connectivity index is 2.22. The van der Waals surface area contributed by atoms with Gasteiger partial charge in [0.25, 0.3) is 0 Å². The summed E-state index contributed by atoms with van der Waals surface area (Å²) >= 11 is 0. The number of carboxylic acids is 1. The van der Waals surface area contributed by atoms with Gasteiger partial charge in [0.05, 0.1) is 16.4 Å². The van der Waals surface area contributed by atoms with Gasteiger partial charge in [-0.15, -0.1) is 0 Å². The molecule has 0 spiro atoms. The Labute approximate surface area is 146 Å². The quantitative estimate of drug-likeness (QED) is 0.762. The smallest absolute Gasteiger partial charge is 0.329 e. The molecule has 1 aromatic carbocycles. The van der Waals surface area contributed by atoms with Crippen LogP contribution in [0.15, 0.2) is 29.1 Å². The largest absolute Gasteiger partial charge is 0.481 e. The molecule has 0 atom stereocenters. The van der Waals surface area contributed by atoms with Crippen molar-refractivity contribution in [3.8, 4) is 0 Å². The van der Waals surface area contributed by atoms with Gasteiger partial charge < -0.3 is 10.4 Å². The maximum absolute atomic E-state index is 12.5. The van der Waals surface area contributed by atoms with Crippen LogP contribution in [0.5, 0.6) is 0 Å². The Bertz CT molecular complexity index is 830. The van der Waals surface area contributed by atoms with E-state index in [1.54, 1.807) is 24.5 Å². The number of hydrogen-bond acceptors (Lipinski definition) is 3.